The number of nitrogen functional groups attached to an aromatic ring is 1. The number of hydrogen-bond donors (Lipinski definition) is 1. The monoisotopic (exact) mass is 276 g/mol. The average Bonchev–Trinajstić information content (AvgIpc) is 2.58. The third-order valence-electron chi connectivity index (χ3n) is 4.13. The zero-order valence-electron chi connectivity index (χ0n) is 12.6. The van der Waals surface area contributed by atoms with Crippen molar-refractivity contribution in [3.8, 4) is 0 Å². The van der Waals surface area contributed by atoms with E-state index in [0.717, 1.165) is 31.6 Å². The van der Waals surface area contributed by atoms with Crippen LogP contribution in [-0.4, -0.2) is 26.2 Å². The fourth-order valence-electron chi connectivity index (χ4n) is 2.84. The molecule has 0 radical (unpaired) electrons. The molecule has 0 amide bonds. The van der Waals surface area contributed by atoms with Crippen LogP contribution in [0.2, 0.25) is 0 Å². The van der Waals surface area contributed by atoms with Gasteiger partial charge in [-0.3, -0.25) is 0 Å². The predicted molar refractivity (Wildman–Crippen MR) is 82.0 cm³/mol. The Morgan fingerprint density at radius 3 is 2.75 bits per heavy atom. The molecule has 0 atom stereocenters. The summed E-state index contributed by atoms with van der Waals surface area (Å²) in [5.74, 6) is -0.323. The highest BCUT2D eigenvalue weighted by atomic mass is 16.5. The molecule has 4 nitrogen and oxygen atoms in total. The number of para-hydroxylation sites is 1. The molecule has 0 bridgehead atoms. The fraction of sp³-hybridized carbons (Fsp3) is 0.562. The Hall–Kier alpha value is -1.71. The van der Waals surface area contributed by atoms with Gasteiger partial charge in [-0.05, 0) is 36.8 Å². The molecular formula is C16H24N2O2. The van der Waals surface area contributed by atoms with Crippen molar-refractivity contribution in [2.24, 2.45) is 5.41 Å². The minimum absolute atomic E-state index is 0.323. The molecule has 1 aromatic carbocycles. The lowest BCUT2D eigenvalue weighted by molar-refractivity contribution is 0.0601. The Balaban J connectivity index is 2.34. The number of nitrogens with zero attached hydrogens (tertiary/aromatic N) is 1. The van der Waals surface area contributed by atoms with Crippen molar-refractivity contribution in [2.75, 3.05) is 30.8 Å². The maximum absolute atomic E-state index is 11.9. The minimum atomic E-state index is -0.323. The van der Waals surface area contributed by atoms with Gasteiger partial charge in [-0.1, -0.05) is 19.9 Å². The molecule has 0 aromatic heterocycles. The van der Waals surface area contributed by atoms with Crippen LogP contribution in [0.3, 0.4) is 0 Å². The zero-order valence-corrected chi connectivity index (χ0v) is 12.6. The fourth-order valence-corrected chi connectivity index (χ4v) is 2.84. The highest BCUT2D eigenvalue weighted by Crippen LogP contribution is 2.35. The molecule has 0 aliphatic carbocycles. The molecule has 4 heteroatoms. The van der Waals surface area contributed by atoms with Gasteiger partial charge >= 0.3 is 5.97 Å². The Morgan fingerprint density at radius 2 is 2.05 bits per heavy atom. The first-order valence-electron chi connectivity index (χ1n) is 7.16. The number of carbonyl (C=O) groups is 1. The van der Waals surface area contributed by atoms with E-state index >= 15 is 0 Å². The van der Waals surface area contributed by atoms with Crippen molar-refractivity contribution in [1.29, 1.82) is 0 Å². The quantitative estimate of drug-likeness (QED) is 0.666. The van der Waals surface area contributed by atoms with E-state index in [1.165, 1.54) is 13.5 Å². The van der Waals surface area contributed by atoms with Gasteiger partial charge in [-0.25, -0.2) is 4.79 Å². The standard InChI is InChI=1S/C16H24N2O2/c1-16(2)8-5-10-18(11-9-16)14-12(15(19)20-3)6-4-7-13(14)17/h4,6-7H,5,8-11,17H2,1-3H3. The van der Waals surface area contributed by atoms with Crippen LogP contribution in [-0.2, 0) is 4.74 Å². The van der Waals surface area contributed by atoms with Crippen LogP contribution in [0.4, 0.5) is 11.4 Å². The molecule has 1 aromatic rings. The van der Waals surface area contributed by atoms with E-state index in [2.05, 4.69) is 18.7 Å². The second kappa shape index (κ2) is 5.73. The van der Waals surface area contributed by atoms with E-state index in [0.29, 0.717) is 16.7 Å². The molecule has 1 aliphatic rings. The molecule has 1 heterocycles. The molecule has 2 rings (SSSR count). The van der Waals surface area contributed by atoms with Crippen LogP contribution in [0.1, 0.15) is 43.5 Å². The van der Waals surface area contributed by atoms with Crippen LogP contribution in [0, 0.1) is 5.41 Å². The summed E-state index contributed by atoms with van der Waals surface area (Å²) in [5, 5.41) is 0. The molecule has 110 valence electrons. The number of anilines is 2. The molecule has 0 unspecified atom stereocenters. The van der Waals surface area contributed by atoms with Crippen molar-refractivity contribution < 1.29 is 9.53 Å². The highest BCUT2D eigenvalue weighted by molar-refractivity contribution is 5.99. The summed E-state index contributed by atoms with van der Waals surface area (Å²) >= 11 is 0. The third-order valence-corrected chi connectivity index (χ3v) is 4.13. The van der Waals surface area contributed by atoms with Crippen molar-refractivity contribution in [3.63, 3.8) is 0 Å². The molecule has 0 saturated carbocycles. The first-order valence-corrected chi connectivity index (χ1v) is 7.16. The lowest BCUT2D eigenvalue weighted by Gasteiger charge is -2.27. The number of carbonyl (C=O) groups excluding carboxylic acids is 1. The molecule has 20 heavy (non-hydrogen) atoms. The number of ether oxygens (including phenoxy) is 1. The van der Waals surface area contributed by atoms with Crippen LogP contribution in [0.15, 0.2) is 18.2 Å². The molecule has 1 fully saturated rings. The van der Waals surface area contributed by atoms with Gasteiger partial charge in [-0.2, -0.15) is 0 Å². The second-order valence-corrected chi connectivity index (χ2v) is 6.24. The van der Waals surface area contributed by atoms with Gasteiger partial charge in [-0.15, -0.1) is 0 Å². The predicted octanol–water partition coefficient (Wildman–Crippen LogP) is 3.07. The summed E-state index contributed by atoms with van der Waals surface area (Å²) in [5.41, 5.74) is 8.50. The van der Waals surface area contributed by atoms with E-state index in [1.807, 2.05) is 6.07 Å². The lowest BCUT2D eigenvalue weighted by Crippen LogP contribution is -2.28. The molecular weight excluding hydrogens is 252 g/mol. The summed E-state index contributed by atoms with van der Waals surface area (Å²) in [6.45, 7) is 6.45. The maximum atomic E-state index is 11.9. The number of nitrogens with two attached hydrogens (primary N) is 1. The van der Waals surface area contributed by atoms with Gasteiger partial charge in [0.25, 0.3) is 0 Å². The second-order valence-electron chi connectivity index (χ2n) is 6.24. The van der Waals surface area contributed by atoms with Gasteiger partial charge in [0, 0.05) is 13.1 Å². The van der Waals surface area contributed by atoms with Crippen molar-refractivity contribution >= 4 is 17.3 Å². The number of hydrogen-bond acceptors (Lipinski definition) is 4. The third kappa shape index (κ3) is 3.06. The van der Waals surface area contributed by atoms with Gasteiger partial charge in [0.15, 0.2) is 0 Å². The average molecular weight is 276 g/mol. The number of rotatable bonds is 2. The van der Waals surface area contributed by atoms with Gasteiger partial charge in [0.1, 0.15) is 0 Å². The first kappa shape index (κ1) is 14.7. The van der Waals surface area contributed by atoms with E-state index in [-0.39, 0.29) is 5.97 Å². The van der Waals surface area contributed by atoms with E-state index < -0.39 is 0 Å². The lowest BCUT2D eigenvalue weighted by atomic mass is 9.85. The Morgan fingerprint density at radius 1 is 1.30 bits per heavy atom. The van der Waals surface area contributed by atoms with Crippen molar-refractivity contribution in [3.05, 3.63) is 23.8 Å². The van der Waals surface area contributed by atoms with E-state index in [1.54, 1.807) is 12.1 Å². The normalized spacial score (nSPS) is 18.4. The smallest absolute Gasteiger partial charge is 0.340 e. The van der Waals surface area contributed by atoms with Gasteiger partial charge in [0.05, 0.1) is 24.0 Å². The first-order chi connectivity index (χ1) is 9.44. The summed E-state index contributed by atoms with van der Waals surface area (Å²) in [6, 6.07) is 5.43. The summed E-state index contributed by atoms with van der Waals surface area (Å²) in [7, 11) is 1.40. The highest BCUT2D eigenvalue weighted by Gasteiger charge is 2.26. The summed E-state index contributed by atoms with van der Waals surface area (Å²) < 4.78 is 4.87. The topological polar surface area (TPSA) is 55.6 Å². The van der Waals surface area contributed by atoms with Gasteiger partial charge < -0.3 is 15.4 Å². The van der Waals surface area contributed by atoms with Crippen molar-refractivity contribution in [1.82, 2.24) is 0 Å². The number of methoxy groups -OCH3 is 1. The molecule has 0 spiro atoms. The van der Waals surface area contributed by atoms with Crippen LogP contribution < -0.4 is 10.6 Å². The Labute approximate surface area is 120 Å². The van der Waals surface area contributed by atoms with E-state index in [4.69, 9.17) is 10.5 Å². The van der Waals surface area contributed by atoms with Gasteiger partial charge in [0.2, 0.25) is 0 Å². The van der Waals surface area contributed by atoms with Crippen LogP contribution in [0.25, 0.3) is 0 Å². The molecule has 2 N–H and O–H groups in total. The largest absolute Gasteiger partial charge is 0.465 e. The zero-order chi connectivity index (χ0) is 14.8. The maximum Gasteiger partial charge on any atom is 0.340 e. The summed E-state index contributed by atoms with van der Waals surface area (Å²) in [6.07, 6.45) is 3.41. The van der Waals surface area contributed by atoms with Crippen LogP contribution in [0.5, 0.6) is 0 Å². The van der Waals surface area contributed by atoms with E-state index in [9.17, 15) is 4.79 Å². The van der Waals surface area contributed by atoms with Crippen LogP contribution >= 0.6 is 0 Å². The number of esters is 1. The minimum Gasteiger partial charge on any atom is -0.465 e. The Bertz CT molecular complexity index is 497. The summed E-state index contributed by atoms with van der Waals surface area (Å²) in [4.78, 5) is 14.2. The van der Waals surface area contributed by atoms with Crippen molar-refractivity contribution in [2.45, 2.75) is 33.1 Å². The molecule has 1 saturated heterocycles. The molecule has 1 aliphatic heterocycles. The Kier molecular flexibility index (Phi) is 4.21. The SMILES string of the molecule is COC(=O)c1cccc(N)c1N1CCCC(C)(C)CC1. The number of benzene rings is 1.